The number of amides is 1. The summed E-state index contributed by atoms with van der Waals surface area (Å²) in [6.45, 7) is 7.17. The van der Waals surface area contributed by atoms with Gasteiger partial charge in [0.05, 0.1) is 0 Å². The molecule has 0 spiro atoms. The molecule has 0 aliphatic heterocycles. The number of nitrogens with zero attached hydrogens (tertiary/aromatic N) is 1. The highest BCUT2D eigenvalue weighted by atomic mass is 16.2. The summed E-state index contributed by atoms with van der Waals surface area (Å²) in [5.41, 5.74) is 7.81. The van der Waals surface area contributed by atoms with Gasteiger partial charge in [-0.25, -0.2) is 0 Å². The standard InChI is InChI=1S/C15H24N2O/c1-15(2,3)11-17(4)14(18)10-9-12-7-5-6-8-13(12)16/h5-8H,9-11,16H2,1-4H3. The van der Waals surface area contributed by atoms with E-state index in [1.807, 2.05) is 31.3 Å². The van der Waals surface area contributed by atoms with Crippen molar-refractivity contribution in [3.63, 3.8) is 0 Å². The number of nitrogens with two attached hydrogens (primary N) is 1. The van der Waals surface area contributed by atoms with Gasteiger partial charge in [-0.3, -0.25) is 4.79 Å². The Bertz CT molecular complexity index is 407. The second-order valence-corrected chi connectivity index (χ2v) is 6.01. The van der Waals surface area contributed by atoms with Crippen molar-refractivity contribution in [2.75, 3.05) is 19.3 Å². The van der Waals surface area contributed by atoms with Crippen LogP contribution in [0, 0.1) is 5.41 Å². The van der Waals surface area contributed by atoms with Gasteiger partial charge in [-0.05, 0) is 23.5 Å². The first-order valence-electron chi connectivity index (χ1n) is 6.37. The van der Waals surface area contributed by atoms with Crippen molar-refractivity contribution in [3.05, 3.63) is 29.8 Å². The SMILES string of the molecule is CN(CC(C)(C)C)C(=O)CCc1ccccc1N. The van der Waals surface area contributed by atoms with Crippen LogP contribution in [0.15, 0.2) is 24.3 Å². The smallest absolute Gasteiger partial charge is 0.222 e. The second kappa shape index (κ2) is 5.89. The van der Waals surface area contributed by atoms with Gasteiger partial charge in [0.15, 0.2) is 0 Å². The molecule has 1 aromatic carbocycles. The van der Waals surface area contributed by atoms with Gasteiger partial charge in [0.2, 0.25) is 5.91 Å². The molecular weight excluding hydrogens is 224 g/mol. The molecule has 18 heavy (non-hydrogen) atoms. The molecule has 0 atom stereocenters. The Morgan fingerprint density at radius 3 is 2.44 bits per heavy atom. The zero-order valence-corrected chi connectivity index (χ0v) is 11.9. The molecule has 0 saturated heterocycles. The summed E-state index contributed by atoms with van der Waals surface area (Å²) in [6.07, 6.45) is 1.22. The van der Waals surface area contributed by atoms with Crippen molar-refractivity contribution >= 4 is 11.6 Å². The van der Waals surface area contributed by atoms with Gasteiger partial charge < -0.3 is 10.6 Å². The molecular formula is C15H24N2O. The summed E-state index contributed by atoms with van der Waals surface area (Å²) in [5, 5.41) is 0. The van der Waals surface area contributed by atoms with Crippen molar-refractivity contribution < 1.29 is 4.79 Å². The normalized spacial score (nSPS) is 11.3. The van der Waals surface area contributed by atoms with E-state index in [9.17, 15) is 4.79 Å². The van der Waals surface area contributed by atoms with Gasteiger partial charge in [0, 0.05) is 25.7 Å². The fourth-order valence-corrected chi connectivity index (χ4v) is 1.99. The molecule has 0 saturated carbocycles. The third-order valence-corrected chi connectivity index (χ3v) is 2.80. The maximum Gasteiger partial charge on any atom is 0.222 e. The molecule has 1 rings (SSSR count). The Labute approximate surface area is 110 Å². The average molecular weight is 248 g/mol. The minimum absolute atomic E-state index is 0.135. The molecule has 0 aliphatic carbocycles. The fraction of sp³-hybridized carbons (Fsp3) is 0.533. The lowest BCUT2D eigenvalue weighted by Crippen LogP contribution is -2.34. The van der Waals surface area contributed by atoms with E-state index in [-0.39, 0.29) is 11.3 Å². The third-order valence-electron chi connectivity index (χ3n) is 2.80. The number of benzene rings is 1. The Kier molecular flexibility index (Phi) is 4.76. The maximum atomic E-state index is 12.0. The highest BCUT2D eigenvalue weighted by Crippen LogP contribution is 2.16. The van der Waals surface area contributed by atoms with Gasteiger partial charge in [-0.2, -0.15) is 0 Å². The van der Waals surface area contributed by atoms with E-state index in [1.54, 1.807) is 4.90 Å². The number of aryl methyl sites for hydroxylation is 1. The first kappa shape index (κ1) is 14.6. The van der Waals surface area contributed by atoms with Crippen LogP contribution in [0.25, 0.3) is 0 Å². The van der Waals surface area contributed by atoms with Crippen molar-refractivity contribution in [2.24, 2.45) is 5.41 Å². The number of carbonyl (C=O) groups excluding carboxylic acids is 1. The van der Waals surface area contributed by atoms with Gasteiger partial charge in [0.1, 0.15) is 0 Å². The van der Waals surface area contributed by atoms with Crippen LogP contribution in [-0.2, 0) is 11.2 Å². The van der Waals surface area contributed by atoms with Crippen LogP contribution in [0.4, 0.5) is 5.69 Å². The first-order chi connectivity index (χ1) is 8.29. The minimum atomic E-state index is 0.135. The molecule has 0 bridgehead atoms. The summed E-state index contributed by atoms with van der Waals surface area (Å²) in [4.78, 5) is 13.8. The number of rotatable bonds is 4. The quantitative estimate of drug-likeness (QED) is 0.833. The van der Waals surface area contributed by atoms with E-state index in [1.165, 1.54) is 0 Å². The zero-order valence-electron chi connectivity index (χ0n) is 11.9. The Hall–Kier alpha value is -1.51. The molecule has 1 aromatic rings. The van der Waals surface area contributed by atoms with Crippen molar-refractivity contribution in [3.8, 4) is 0 Å². The monoisotopic (exact) mass is 248 g/mol. The molecule has 1 amide bonds. The number of carbonyl (C=O) groups is 1. The zero-order chi connectivity index (χ0) is 13.8. The number of para-hydroxylation sites is 1. The predicted octanol–water partition coefficient (Wildman–Crippen LogP) is 2.71. The third kappa shape index (κ3) is 4.78. The van der Waals surface area contributed by atoms with E-state index < -0.39 is 0 Å². The number of hydrogen-bond acceptors (Lipinski definition) is 2. The molecule has 2 N–H and O–H groups in total. The maximum absolute atomic E-state index is 12.0. The molecule has 3 nitrogen and oxygen atoms in total. The van der Waals surface area contributed by atoms with Crippen molar-refractivity contribution in [1.29, 1.82) is 0 Å². The van der Waals surface area contributed by atoms with E-state index >= 15 is 0 Å². The van der Waals surface area contributed by atoms with Crippen LogP contribution in [-0.4, -0.2) is 24.4 Å². The highest BCUT2D eigenvalue weighted by molar-refractivity contribution is 5.76. The van der Waals surface area contributed by atoms with Crippen molar-refractivity contribution in [1.82, 2.24) is 4.90 Å². The number of hydrogen-bond donors (Lipinski definition) is 1. The van der Waals surface area contributed by atoms with E-state index in [4.69, 9.17) is 5.73 Å². The highest BCUT2D eigenvalue weighted by Gasteiger charge is 2.17. The largest absolute Gasteiger partial charge is 0.399 e. The molecule has 0 heterocycles. The lowest BCUT2D eigenvalue weighted by atomic mass is 9.96. The van der Waals surface area contributed by atoms with Gasteiger partial charge in [-0.1, -0.05) is 39.0 Å². The summed E-state index contributed by atoms with van der Waals surface area (Å²) < 4.78 is 0. The summed E-state index contributed by atoms with van der Waals surface area (Å²) in [5.74, 6) is 0.174. The summed E-state index contributed by atoms with van der Waals surface area (Å²) in [7, 11) is 1.86. The van der Waals surface area contributed by atoms with E-state index in [0.29, 0.717) is 12.8 Å². The van der Waals surface area contributed by atoms with Crippen molar-refractivity contribution in [2.45, 2.75) is 33.6 Å². The van der Waals surface area contributed by atoms with E-state index in [0.717, 1.165) is 17.8 Å². The predicted molar refractivity (Wildman–Crippen MR) is 76.3 cm³/mol. The van der Waals surface area contributed by atoms with Crippen LogP contribution in [0.2, 0.25) is 0 Å². The minimum Gasteiger partial charge on any atom is -0.399 e. The lowest BCUT2D eigenvalue weighted by molar-refractivity contribution is -0.131. The number of anilines is 1. The molecule has 0 aliphatic rings. The topological polar surface area (TPSA) is 46.3 Å². The Balaban J connectivity index is 2.49. The van der Waals surface area contributed by atoms with Crippen LogP contribution in [0.5, 0.6) is 0 Å². The Morgan fingerprint density at radius 1 is 1.28 bits per heavy atom. The van der Waals surface area contributed by atoms with Gasteiger partial charge in [-0.15, -0.1) is 0 Å². The molecule has 0 unspecified atom stereocenters. The average Bonchev–Trinajstić information content (AvgIpc) is 2.25. The summed E-state index contributed by atoms with van der Waals surface area (Å²) >= 11 is 0. The molecule has 0 radical (unpaired) electrons. The summed E-state index contributed by atoms with van der Waals surface area (Å²) in [6, 6.07) is 7.71. The van der Waals surface area contributed by atoms with Gasteiger partial charge in [0.25, 0.3) is 0 Å². The second-order valence-electron chi connectivity index (χ2n) is 6.01. The van der Waals surface area contributed by atoms with Crippen LogP contribution in [0.3, 0.4) is 0 Å². The lowest BCUT2D eigenvalue weighted by Gasteiger charge is -2.26. The van der Waals surface area contributed by atoms with E-state index in [2.05, 4.69) is 20.8 Å². The molecule has 0 aromatic heterocycles. The van der Waals surface area contributed by atoms with Crippen LogP contribution in [0.1, 0.15) is 32.8 Å². The molecule has 3 heteroatoms. The van der Waals surface area contributed by atoms with Crippen LogP contribution < -0.4 is 5.73 Å². The fourth-order valence-electron chi connectivity index (χ4n) is 1.99. The van der Waals surface area contributed by atoms with Crippen LogP contribution >= 0.6 is 0 Å². The Morgan fingerprint density at radius 2 is 1.89 bits per heavy atom. The first-order valence-corrected chi connectivity index (χ1v) is 6.37. The number of nitrogen functional groups attached to an aromatic ring is 1. The van der Waals surface area contributed by atoms with Gasteiger partial charge >= 0.3 is 0 Å². The molecule has 0 fully saturated rings. The molecule has 100 valence electrons.